The van der Waals surface area contributed by atoms with E-state index in [0.717, 1.165) is 16.3 Å². The topological polar surface area (TPSA) is 37.3 Å². The number of allylic oxidation sites excluding steroid dienone is 1. The van der Waals surface area contributed by atoms with E-state index in [0.29, 0.717) is 5.57 Å². The Hall–Kier alpha value is -0.661. The van der Waals surface area contributed by atoms with Crippen molar-refractivity contribution in [3.63, 3.8) is 0 Å². The van der Waals surface area contributed by atoms with Crippen molar-refractivity contribution in [1.82, 2.24) is 0 Å². The van der Waals surface area contributed by atoms with Crippen molar-refractivity contribution < 1.29 is 9.90 Å². The Morgan fingerprint density at radius 1 is 1.50 bits per heavy atom. The first-order valence-corrected chi connectivity index (χ1v) is 10.3. The van der Waals surface area contributed by atoms with Crippen molar-refractivity contribution in [3.05, 3.63) is 33.8 Å². The maximum atomic E-state index is 10.6. The van der Waals surface area contributed by atoms with Crippen LogP contribution in [-0.2, 0) is 10.2 Å². The fourth-order valence-electron chi connectivity index (χ4n) is 2.22. The predicted molar refractivity (Wildman–Crippen MR) is 97.1 cm³/mol. The average Bonchev–Trinajstić information content (AvgIpc) is 2.38. The Labute approximate surface area is 150 Å². The van der Waals surface area contributed by atoms with E-state index in [4.69, 9.17) is 5.11 Å². The van der Waals surface area contributed by atoms with Crippen LogP contribution in [0.5, 0.6) is 0 Å². The molecule has 2 rings (SSSR count). The second-order valence-electron chi connectivity index (χ2n) is 5.76. The number of aliphatic carboxylic acids is 1. The summed E-state index contributed by atoms with van der Waals surface area (Å²) in [5.41, 5.74) is 2.18. The summed E-state index contributed by atoms with van der Waals surface area (Å²) in [6, 6.07) is 4.38. The van der Waals surface area contributed by atoms with E-state index >= 15 is 0 Å². The molecule has 0 unspecified atom stereocenters. The fraction of sp³-hybridized carbons (Fsp3) is 0.353. The summed E-state index contributed by atoms with van der Waals surface area (Å²) in [7, 11) is 0. The van der Waals surface area contributed by atoms with Gasteiger partial charge in [-0.3, -0.25) is 0 Å². The van der Waals surface area contributed by atoms with E-state index in [-0.39, 0.29) is 20.4 Å². The van der Waals surface area contributed by atoms with Gasteiger partial charge in [-0.1, -0.05) is 0 Å². The van der Waals surface area contributed by atoms with Gasteiger partial charge >= 0.3 is 151 Å². The van der Waals surface area contributed by atoms with Crippen LogP contribution in [0.1, 0.15) is 32.8 Å². The van der Waals surface area contributed by atoms with E-state index in [1.165, 1.54) is 21.3 Å². The van der Waals surface area contributed by atoms with Crippen LogP contribution in [0, 0.1) is 10.7 Å². The molecule has 5 heteroatoms. The molecule has 0 bridgehead atoms. The first-order valence-electron chi connectivity index (χ1n) is 6.85. The van der Waals surface area contributed by atoms with Gasteiger partial charge in [-0.2, -0.15) is 0 Å². The quantitative estimate of drug-likeness (QED) is 0.431. The summed E-state index contributed by atoms with van der Waals surface area (Å²) < 4.78 is 2.38. The Morgan fingerprint density at radius 3 is 2.91 bits per heavy atom. The van der Waals surface area contributed by atoms with Crippen LogP contribution in [0.15, 0.2) is 33.2 Å². The summed E-state index contributed by atoms with van der Waals surface area (Å²) in [5, 5.41) is 8.70. The third kappa shape index (κ3) is 4.43. The van der Waals surface area contributed by atoms with Crippen molar-refractivity contribution >= 4 is 53.1 Å². The number of fused-ring (bicyclic) bond motifs is 1. The minimum atomic E-state index is -0.948. The molecule has 1 aliphatic heterocycles. The number of hydrogen-bond acceptors (Lipinski definition) is 2. The van der Waals surface area contributed by atoms with Crippen molar-refractivity contribution in [3.8, 4) is 10.7 Å². The van der Waals surface area contributed by atoms with Crippen molar-refractivity contribution in [2.75, 3.05) is 5.75 Å². The zero-order valence-corrected chi connectivity index (χ0v) is 16.8. The molecule has 1 N–H and O–H groups in total. The van der Waals surface area contributed by atoms with E-state index in [1.54, 1.807) is 6.92 Å². The van der Waals surface area contributed by atoms with Gasteiger partial charge in [0.15, 0.2) is 0 Å². The monoisotopic (exact) mass is 444 g/mol. The van der Waals surface area contributed by atoms with Crippen molar-refractivity contribution in [2.24, 2.45) is 0 Å². The number of carboxylic acids is 1. The second-order valence-corrected chi connectivity index (χ2v) is 9.56. The van der Waals surface area contributed by atoms with Gasteiger partial charge < -0.3 is 0 Å². The molecule has 0 fully saturated rings. The fourth-order valence-corrected chi connectivity index (χ4v) is 6.61. The van der Waals surface area contributed by atoms with E-state index in [1.807, 2.05) is 11.8 Å². The van der Waals surface area contributed by atoms with Gasteiger partial charge in [0.1, 0.15) is 0 Å². The molecule has 0 atom stereocenters. The predicted octanol–water partition coefficient (Wildman–Crippen LogP) is 3.54. The van der Waals surface area contributed by atoms with Crippen LogP contribution in [0.3, 0.4) is 0 Å². The molecular formula is C17H17BrO2SSe. The standard InChI is InChI=1S/C17H17BrO2SSe/c1-11(8-15(19)20)4-7-22-14-10-12(18)9-13-16(14)21-6-5-17(13,2)3/h8-10H,5-6H2,1-3H3,(H,19,20)/b11-8+. The molecule has 0 aromatic heterocycles. The molecule has 1 aliphatic rings. The number of rotatable bonds is 2. The third-order valence-electron chi connectivity index (χ3n) is 3.47. The molecule has 0 radical (unpaired) electrons. The summed E-state index contributed by atoms with van der Waals surface area (Å²) in [4.78, 5) is 15.1. The normalized spacial score (nSPS) is 16.5. The van der Waals surface area contributed by atoms with E-state index < -0.39 is 5.97 Å². The number of thioether (sulfide) groups is 1. The number of benzene rings is 1. The zero-order chi connectivity index (χ0) is 16.3. The van der Waals surface area contributed by atoms with Gasteiger partial charge in [0.25, 0.3) is 0 Å². The van der Waals surface area contributed by atoms with E-state index in [2.05, 4.69) is 52.6 Å². The first-order chi connectivity index (χ1) is 10.3. The van der Waals surface area contributed by atoms with Crippen molar-refractivity contribution in [2.45, 2.75) is 37.5 Å². The summed E-state index contributed by atoms with van der Waals surface area (Å²) in [6.45, 7) is 6.31. The summed E-state index contributed by atoms with van der Waals surface area (Å²) >= 11 is 5.54. The Kier molecular flexibility index (Phi) is 5.85. The second kappa shape index (κ2) is 7.27. The molecule has 0 aliphatic carbocycles. The minimum absolute atomic E-state index is 0.0158. The van der Waals surface area contributed by atoms with E-state index in [9.17, 15) is 4.79 Å². The number of hydrogen-bond donors (Lipinski definition) is 1. The molecule has 22 heavy (non-hydrogen) atoms. The maximum absolute atomic E-state index is 10.6. The van der Waals surface area contributed by atoms with Crippen LogP contribution in [-0.4, -0.2) is 31.8 Å². The molecule has 0 amide bonds. The molecule has 0 saturated heterocycles. The number of halogens is 1. The average molecular weight is 444 g/mol. The van der Waals surface area contributed by atoms with Gasteiger partial charge in [0.2, 0.25) is 0 Å². The van der Waals surface area contributed by atoms with Gasteiger partial charge in [-0.15, -0.1) is 0 Å². The third-order valence-corrected chi connectivity index (χ3v) is 6.92. The van der Waals surface area contributed by atoms with Crippen LogP contribution in [0.4, 0.5) is 0 Å². The SMILES string of the molecule is C/C(C#C[Se]c1cc(Br)cc2c1SCCC2(C)C)=C\C(=O)O. The van der Waals surface area contributed by atoms with Gasteiger partial charge in [-0.25, -0.2) is 0 Å². The molecule has 0 spiro atoms. The Balaban J connectivity index is 2.32. The Morgan fingerprint density at radius 2 is 2.23 bits per heavy atom. The van der Waals surface area contributed by atoms with Crippen molar-refractivity contribution in [1.29, 1.82) is 0 Å². The first kappa shape index (κ1) is 17.7. The molecule has 1 aromatic rings. The van der Waals surface area contributed by atoms with Gasteiger partial charge in [0, 0.05) is 0 Å². The molecule has 0 saturated carbocycles. The van der Waals surface area contributed by atoms with Gasteiger partial charge in [0.05, 0.1) is 0 Å². The Bertz CT molecular complexity index is 699. The molecule has 2 nitrogen and oxygen atoms in total. The summed E-state index contributed by atoms with van der Waals surface area (Å²) in [5.74, 6) is 3.13. The number of carboxylic acid groups (broad SMARTS) is 1. The van der Waals surface area contributed by atoms with Crippen LogP contribution >= 0.6 is 27.7 Å². The van der Waals surface area contributed by atoms with Crippen LogP contribution in [0.25, 0.3) is 0 Å². The van der Waals surface area contributed by atoms with Crippen LogP contribution in [0.2, 0.25) is 0 Å². The van der Waals surface area contributed by atoms with Crippen LogP contribution < -0.4 is 4.46 Å². The number of carbonyl (C=O) groups is 1. The molecule has 1 aromatic carbocycles. The molecule has 116 valence electrons. The zero-order valence-electron chi connectivity index (χ0n) is 12.7. The molecular weight excluding hydrogens is 427 g/mol. The molecule has 1 heterocycles. The van der Waals surface area contributed by atoms with Gasteiger partial charge in [-0.05, 0) is 0 Å². The summed E-state index contributed by atoms with van der Waals surface area (Å²) in [6.07, 6.45) is 2.33.